The van der Waals surface area contributed by atoms with Gasteiger partial charge in [-0.15, -0.1) is 0 Å². The molecule has 0 saturated carbocycles. The van der Waals surface area contributed by atoms with Crippen LogP contribution in [0, 0.1) is 0 Å². The molecule has 0 amide bonds. The van der Waals surface area contributed by atoms with Crippen molar-refractivity contribution in [3.63, 3.8) is 0 Å². The molecule has 1 N–H and O–H groups in total. The van der Waals surface area contributed by atoms with Gasteiger partial charge in [-0.05, 0) is 52.9 Å². The Hall–Kier alpha value is -0.220. The summed E-state index contributed by atoms with van der Waals surface area (Å²) >= 11 is 5.28. The van der Waals surface area contributed by atoms with Crippen LogP contribution in [-0.4, -0.2) is 23.5 Å². The Balaban J connectivity index is 2.07. The van der Waals surface area contributed by atoms with Crippen LogP contribution in [0.2, 0.25) is 0 Å². The lowest BCUT2D eigenvalue weighted by Crippen LogP contribution is -2.02. The second kappa shape index (κ2) is 7.99. The van der Waals surface area contributed by atoms with Crippen molar-refractivity contribution in [2.75, 3.05) is 23.9 Å². The van der Waals surface area contributed by atoms with Gasteiger partial charge in [-0.3, -0.25) is 0 Å². The summed E-state index contributed by atoms with van der Waals surface area (Å²) in [5.41, 5.74) is 0. The molecule has 0 radical (unpaired) electrons. The number of pyridine rings is 1. The Morgan fingerprint density at radius 2 is 2.20 bits per heavy atom. The van der Waals surface area contributed by atoms with Crippen LogP contribution in [0.5, 0.6) is 0 Å². The number of unbranched alkanes of at least 4 members (excludes halogenated alkanes) is 2. The maximum absolute atomic E-state index is 4.25. The topological polar surface area (TPSA) is 24.9 Å². The largest absolute Gasteiger partial charge is 0.370 e. The molecule has 0 aromatic carbocycles. The fourth-order valence-corrected chi connectivity index (χ4v) is 1.97. The van der Waals surface area contributed by atoms with E-state index in [1.165, 1.54) is 25.0 Å². The second-order valence-corrected chi connectivity index (χ2v) is 5.24. The van der Waals surface area contributed by atoms with E-state index in [2.05, 4.69) is 32.5 Å². The summed E-state index contributed by atoms with van der Waals surface area (Å²) in [6, 6.07) is 4.00. The lowest BCUT2D eigenvalue weighted by Gasteiger charge is -2.04. The highest BCUT2D eigenvalue weighted by Gasteiger charge is 1.93. The van der Waals surface area contributed by atoms with Crippen LogP contribution in [0.15, 0.2) is 22.8 Å². The van der Waals surface area contributed by atoms with E-state index in [0.717, 1.165) is 16.8 Å². The lowest BCUT2D eigenvalue weighted by atomic mass is 10.2. The maximum Gasteiger partial charge on any atom is 0.125 e. The summed E-state index contributed by atoms with van der Waals surface area (Å²) in [5, 5.41) is 3.31. The zero-order chi connectivity index (χ0) is 10.9. The van der Waals surface area contributed by atoms with E-state index in [1.807, 2.05) is 30.1 Å². The van der Waals surface area contributed by atoms with Crippen molar-refractivity contribution in [1.82, 2.24) is 4.98 Å². The van der Waals surface area contributed by atoms with Gasteiger partial charge in [0.2, 0.25) is 0 Å². The van der Waals surface area contributed by atoms with Gasteiger partial charge in [0.25, 0.3) is 0 Å². The molecule has 0 bridgehead atoms. The van der Waals surface area contributed by atoms with Crippen LogP contribution in [0.25, 0.3) is 0 Å². The molecule has 0 atom stereocenters. The number of nitrogens with one attached hydrogen (secondary N) is 1. The van der Waals surface area contributed by atoms with Gasteiger partial charge in [0.05, 0.1) is 0 Å². The number of hydrogen-bond donors (Lipinski definition) is 1. The van der Waals surface area contributed by atoms with Crippen LogP contribution in [-0.2, 0) is 0 Å². The number of nitrogens with zero attached hydrogens (tertiary/aromatic N) is 1. The molecule has 15 heavy (non-hydrogen) atoms. The molecule has 84 valence electrons. The van der Waals surface area contributed by atoms with Crippen molar-refractivity contribution in [2.45, 2.75) is 19.3 Å². The third kappa shape index (κ3) is 6.05. The van der Waals surface area contributed by atoms with Gasteiger partial charge in [0, 0.05) is 17.2 Å². The van der Waals surface area contributed by atoms with Crippen LogP contribution >= 0.6 is 27.7 Å². The lowest BCUT2D eigenvalue weighted by molar-refractivity contribution is 0.748. The van der Waals surface area contributed by atoms with E-state index in [1.54, 1.807) is 0 Å². The number of hydrogen-bond acceptors (Lipinski definition) is 3. The van der Waals surface area contributed by atoms with Gasteiger partial charge in [-0.2, -0.15) is 11.8 Å². The summed E-state index contributed by atoms with van der Waals surface area (Å²) in [6.07, 6.45) is 7.80. The highest BCUT2D eigenvalue weighted by molar-refractivity contribution is 9.10. The quantitative estimate of drug-likeness (QED) is 0.773. The minimum absolute atomic E-state index is 0.961. The zero-order valence-corrected chi connectivity index (χ0v) is 11.4. The molecule has 1 aromatic rings. The molecule has 0 saturated heterocycles. The van der Waals surface area contributed by atoms with Crippen molar-refractivity contribution in [2.24, 2.45) is 0 Å². The third-order valence-corrected chi connectivity index (χ3v) is 3.22. The number of anilines is 1. The number of halogens is 1. The first-order valence-electron chi connectivity index (χ1n) is 5.17. The molecule has 0 fully saturated rings. The standard InChI is InChI=1S/C11H17BrN2S/c1-15-8-4-2-3-7-13-11-6-5-10(12)9-14-11/h5-6,9H,2-4,7-8H2,1H3,(H,13,14). The first-order valence-corrected chi connectivity index (χ1v) is 7.36. The zero-order valence-electron chi connectivity index (χ0n) is 9.00. The molecule has 2 nitrogen and oxygen atoms in total. The van der Waals surface area contributed by atoms with Gasteiger partial charge in [0.1, 0.15) is 5.82 Å². The number of rotatable bonds is 7. The summed E-state index contributed by atoms with van der Waals surface area (Å²) in [5.74, 6) is 2.24. The van der Waals surface area contributed by atoms with Gasteiger partial charge < -0.3 is 5.32 Å². The normalized spacial score (nSPS) is 10.3. The van der Waals surface area contributed by atoms with Gasteiger partial charge in [-0.1, -0.05) is 6.42 Å². The van der Waals surface area contributed by atoms with E-state index in [9.17, 15) is 0 Å². The monoisotopic (exact) mass is 288 g/mol. The SMILES string of the molecule is CSCCCCCNc1ccc(Br)cn1. The Morgan fingerprint density at radius 3 is 2.87 bits per heavy atom. The first kappa shape index (κ1) is 12.8. The third-order valence-electron chi connectivity index (χ3n) is 2.06. The van der Waals surface area contributed by atoms with Crippen LogP contribution in [0.4, 0.5) is 5.82 Å². The summed E-state index contributed by atoms with van der Waals surface area (Å²) in [7, 11) is 0. The Kier molecular flexibility index (Phi) is 6.85. The maximum atomic E-state index is 4.25. The molecule has 1 heterocycles. The van der Waals surface area contributed by atoms with Crippen LogP contribution < -0.4 is 5.32 Å². The molecule has 0 aliphatic carbocycles. The fraction of sp³-hybridized carbons (Fsp3) is 0.545. The fourth-order valence-electron chi connectivity index (χ4n) is 1.25. The molecule has 0 spiro atoms. The van der Waals surface area contributed by atoms with Crippen molar-refractivity contribution in [3.05, 3.63) is 22.8 Å². The van der Waals surface area contributed by atoms with E-state index in [-0.39, 0.29) is 0 Å². The first-order chi connectivity index (χ1) is 7.33. The molecule has 1 aromatic heterocycles. The van der Waals surface area contributed by atoms with Crippen molar-refractivity contribution < 1.29 is 0 Å². The van der Waals surface area contributed by atoms with E-state index < -0.39 is 0 Å². The van der Waals surface area contributed by atoms with E-state index >= 15 is 0 Å². The van der Waals surface area contributed by atoms with Crippen LogP contribution in [0.3, 0.4) is 0 Å². The Morgan fingerprint density at radius 1 is 1.33 bits per heavy atom. The molecule has 1 rings (SSSR count). The Labute approximate surface area is 104 Å². The van der Waals surface area contributed by atoms with E-state index in [0.29, 0.717) is 0 Å². The predicted molar refractivity (Wildman–Crippen MR) is 72.7 cm³/mol. The van der Waals surface area contributed by atoms with Crippen LogP contribution in [0.1, 0.15) is 19.3 Å². The number of thioether (sulfide) groups is 1. The minimum Gasteiger partial charge on any atom is -0.370 e. The van der Waals surface area contributed by atoms with Crippen molar-refractivity contribution in [1.29, 1.82) is 0 Å². The average molecular weight is 289 g/mol. The second-order valence-electron chi connectivity index (χ2n) is 3.34. The summed E-state index contributed by atoms with van der Waals surface area (Å²) < 4.78 is 1.02. The molecular formula is C11H17BrN2S. The van der Waals surface area contributed by atoms with Crippen molar-refractivity contribution >= 4 is 33.5 Å². The highest BCUT2D eigenvalue weighted by Crippen LogP contribution is 2.10. The summed E-state index contributed by atoms with van der Waals surface area (Å²) in [6.45, 7) is 1.02. The minimum atomic E-state index is 0.961. The molecule has 0 aliphatic rings. The van der Waals surface area contributed by atoms with Gasteiger partial charge in [0.15, 0.2) is 0 Å². The predicted octanol–water partition coefficient (Wildman–Crippen LogP) is 3.79. The molecule has 4 heteroatoms. The van der Waals surface area contributed by atoms with Gasteiger partial charge >= 0.3 is 0 Å². The summed E-state index contributed by atoms with van der Waals surface area (Å²) in [4.78, 5) is 4.25. The van der Waals surface area contributed by atoms with Gasteiger partial charge in [-0.25, -0.2) is 4.98 Å². The molecular weight excluding hydrogens is 272 g/mol. The Bertz CT molecular complexity index is 264. The van der Waals surface area contributed by atoms with E-state index in [4.69, 9.17) is 0 Å². The molecule has 0 unspecified atom stereocenters. The smallest absolute Gasteiger partial charge is 0.125 e. The molecule has 0 aliphatic heterocycles. The average Bonchev–Trinajstić information content (AvgIpc) is 2.26. The number of aromatic nitrogens is 1. The highest BCUT2D eigenvalue weighted by atomic mass is 79.9. The van der Waals surface area contributed by atoms with Crippen molar-refractivity contribution in [3.8, 4) is 0 Å².